The second-order valence-corrected chi connectivity index (χ2v) is 5.52. The maximum Gasteiger partial charge on any atom is 0.326 e. The van der Waals surface area contributed by atoms with Gasteiger partial charge >= 0.3 is 5.97 Å². The molecule has 2 rings (SSSR count). The molecule has 19 heavy (non-hydrogen) atoms. The molecule has 0 unspecified atom stereocenters. The average molecular weight is 270 g/mol. The number of carbonyl (C=O) groups is 2. The molecule has 6 nitrogen and oxygen atoms in total. The second kappa shape index (κ2) is 6.34. The molecule has 0 bridgehead atoms. The molecule has 0 aromatic heterocycles. The summed E-state index contributed by atoms with van der Waals surface area (Å²) in [6.07, 6.45) is 2.81. The van der Waals surface area contributed by atoms with Gasteiger partial charge in [0.1, 0.15) is 6.04 Å². The average Bonchev–Trinajstić information content (AvgIpc) is 2.79. The highest BCUT2D eigenvalue weighted by Gasteiger charge is 2.38. The number of aliphatic hydroxyl groups excluding tert-OH is 1. The van der Waals surface area contributed by atoms with Crippen molar-refractivity contribution in [1.82, 2.24) is 10.2 Å². The third-order valence-electron chi connectivity index (χ3n) is 4.11. The fourth-order valence-corrected chi connectivity index (χ4v) is 2.97. The maximum absolute atomic E-state index is 12.1. The van der Waals surface area contributed by atoms with Crippen molar-refractivity contribution in [2.75, 3.05) is 19.6 Å². The Morgan fingerprint density at radius 2 is 1.95 bits per heavy atom. The normalized spacial score (nSPS) is 28.6. The lowest BCUT2D eigenvalue weighted by atomic mass is 9.93. The molecule has 3 N–H and O–H groups in total. The number of rotatable bonds is 4. The van der Waals surface area contributed by atoms with Gasteiger partial charge in [0.25, 0.3) is 0 Å². The van der Waals surface area contributed by atoms with Gasteiger partial charge in [0.15, 0.2) is 0 Å². The van der Waals surface area contributed by atoms with Gasteiger partial charge in [-0.2, -0.15) is 0 Å². The topological polar surface area (TPSA) is 89.9 Å². The van der Waals surface area contributed by atoms with Crippen LogP contribution in [0.15, 0.2) is 0 Å². The van der Waals surface area contributed by atoms with Gasteiger partial charge in [0.2, 0.25) is 5.91 Å². The molecule has 2 saturated heterocycles. The maximum atomic E-state index is 12.1. The molecule has 0 radical (unpaired) electrons. The Morgan fingerprint density at radius 1 is 1.26 bits per heavy atom. The molecule has 2 aliphatic heterocycles. The van der Waals surface area contributed by atoms with Crippen molar-refractivity contribution in [3.63, 3.8) is 0 Å². The Balaban J connectivity index is 1.82. The highest BCUT2D eigenvalue weighted by molar-refractivity contribution is 5.84. The molecule has 1 amide bonds. The molecule has 0 aromatic rings. The first-order valence-electron chi connectivity index (χ1n) is 6.99. The van der Waals surface area contributed by atoms with Gasteiger partial charge in [-0.25, -0.2) is 4.79 Å². The Labute approximate surface area is 112 Å². The number of amides is 1. The van der Waals surface area contributed by atoms with Gasteiger partial charge in [-0.05, 0) is 38.3 Å². The van der Waals surface area contributed by atoms with Crippen LogP contribution in [0.3, 0.4) is 0 Å². The number of nitrogens with one attached hydrogen (secondary N) is 1. The van der Waals surface area contributed by atoms with Crippen molar-refractivity contribution in [1.29, 1.82) is 0 Å². The first kappa shape index (κ1) is 14.3. The van der Waals surface area contributed by atoms with Crippen LogP contribution in [0.1, 0.15) is 32.1 Å². The molecule has 0 saturated carbocycles. The number of carboxylic acid groups (broad SMARTS) is 1. The van der Waals surface area contributed by atoms with Gasteiger partial charge in [0.05, 0.1) is 6.10 Å². The number of aliphatic hydroxyl groups is 1. The van der Waals surface area contributed by atoms with Crippen LogP contribution < -0.4 is 5.32 Å². The molecular weight excluding hydrogens is 248 g/mol. The van der Waals surface area contributed by atoms with Gasteiger partial charge in [-0.1, -0.05) is 0 Å². The standard InChI is InChI=1S/C13H22N2O4/c16-10-7-11(13(18)19)15(8-10)12(17)2-1-9-3-5-14-6-4-9/h9-11,14,16H,1-8H2,(H,18,19)/t10-,11-/m0/s1. The zero-order valence-electron chi connectivity index (χ0n) is 11.0. The van der Waals surface area contributed by atoms with Crippen LogP contribution in [0.4, 0.5) is 0 Å². The van der Waals surface area contributed by atoms with Crippen molar-refractivity contribution in [3.05, 3.63) is 0 Å². The minimum atomic E-state index is -1.02. The summed E-state index contributed by atoms with van der Waals surface area (Å²) in [5.41, 5.74) is 0. The van der Waals surface area contributed by atoms with Crippen LogP contribution in [0, 0.1) is 5.92 Å². The fourth-order valence-electron chi connectivity index (χ4n) is 2.97. The van der Waals surface area contributed by atoms with Crippen LogP contribution in [0.5, 0.6) is 0 Å². The molecule has 108 valence electrons. The predicted molar refractivity (Wildman–Crippen MR) is 68.6 cm³/mol. The molecular formula is C13H22N2O4. The van der Waals surface area contributed by atoms with E-state index in [0.29, 0.717) is 12.3 Å². The minimum absolute atomic E-state index is 0.137. The van der Waals surface area contributed by atoms with Gasteiger partial charge < -0.3 is 20.4 Å². The number of carbonyl (C=O) groups excluding carboxylic acids is 1. The van der Waals surface area contributed by atoms with E-state index in [1.54, 1.807) is 0 Å². The van der Waals surface area contributed by atoms with E-state index in [4.69, 9.17) is 5.11 Å². The Hall–Kier alpha value is -1.14. The van der Waals surface area contributed by atoms with Crippen molar-refractivity contribution in [3.8, 4) is 0 Å². The molecule has 0 spiro atoms. The van der Waals surface area contributed by atoms with Crippen LogP contribution in [-0.4, -0.2) is 58.8 Å². The third kappa shape index (κ3) is 3.67. The van der Waals surface area contributed by atoms with E-state index in [1.165, 1.54) is 4.90 Å². The molecule has 2 atom stereocenters. The Bertz CT molecular complexity index is 342. The SMILES string of the molecule is O=C(O)[C@@H]1C[C@H](O)CN1C(=O)CCC1CCNCC1. The molecule has 6 heteroatoms. The summed E-state index contributed by atoms with van der Waals surface area (Å²) >= 11 is 0. The number of nitrogens with zero attached hydrogens (tertiary/aromatic N) is 1. The fraction of sp³-hybridized carbons (Fsp3) is 0.846. The summed E-state index contributed by atoms with van der Waals surface area (Å²) in [4.78, 5) is 24.5. The van der Waals surface area contributed by atoms with E-state index >= 15 is 0 Å². The number of carboxylic acids is 1. The van der Waals surface area contributed by atoms with Crippen molar-refractivity contribution in [2.45, 2.75) is 44.2 Å². The Morgan fingerprint density at radius 3 is 2.58 bits per heavy atom. The molecule has 2 fully saturated rings. The van der Waals surface area contributed by atoms with E-state index in [1.807, 2.05) is 0 Å². The Kier molecular flexibility index (Phi) is 4.76. The van der Waals surface area contributed by atoms with Crippen LogP contribution in [0.25, 0.3) is 0 Å². The number of β-amino-alcohol motifs (C(OH)–C–C–N with tert-alkyl or cyclic N) is 1. The number of likely N-dealkylation sites (tertiary alicyclic amines) is 1. The molecule has 0 aliphatic carbocycles. The van der Waals surface area contributed by atoms with E-state index < -0.39 is 18.1 Å². The summed E-state index contributed by atoms with van der Waals surface area (Å²) in [7, 11) is 0. The minimum Gasteiger partial charge on any atom is -0.480 e. The van der Waals surface area contributed by atoms with Gasteiger partial charge in [-0.15, -0.1) is 0 Å². The smallest absolute Gasteiger partial charge is 0.326 e. The van der Waals surface area contributed by atoms with Crippen molar-refractivity contribution in [2.24, 2.45) is 5.92 Å². The molecule has 2 heterocycles. The van der Waals surface area contributed by atoms with Crippen LogP contribution in [0.2, 0.25) is 0 Å². The largest absolute Gasteiger partial charge is 0.480 e. The third-order valence-corrected chi connectivity index (χ3v) is 4.11. The first-order valence-corrected chi connectivity index (χ1v) is 6.99. The van der Waals surface area contributed by atoms with Crippen LogP contribution >= 0.6 is 0 Å². The predicted octanol–water partition coefficient (Wildman–Crippen LogP) is -0.187. The number of hydrogen-bond donors (Lipinski definition) is 3. The second-order valence-electron chi connectivity index (χ2n) is 5.52. The highest BCUT2D eigenvalue weighted by Crippen LogP contribution is 2.22. The summed E-state index contributed by atoms with van der Waals surface area (Å²) in [6.45, 7) is 2.15. The number of aliphatic carboxylic acids is 1. The highest BCUT2D eigenvalue weighted by atomic mass is 16.4. The van der Waals surface area contributed by atoms with E-state index in [9.17, 15) is 14.7 Å². The quantitative estimate of drug-likeness (QED) is 0.659. The van der Waals surface area contributed by atoms with Gasteiger partial charge in [-0.3, -0.25) is 4.79 Å². The zero-order valence-corrected chi connectivity index (χ0v) is 11.0. The molecule has 2 aliphatic rings. The van der Waals surface area contributed by atoms with E-state index in [0.717, 1.165) is 32.4 Å². The monoisotopic (exact) mass is 270 g/mol. The first-order chi connectivity index (χ1) is 9.08. The van der Waals surface area contributed by atoms with Crippen LogP contribution in [-0.2, 0) is 9.59 Å². The van der Waals surface area contributed by atoms with Crippen molar-refractivity contribution >= 4 is 11.9 Å². The number of hydrogen-bond acceptors (Lipinski definition) is 4. The van der Waals surface area contributed by atoms with Crippen molar-refractivity contribution < 1.29 is 19.8 Å². The van der Waals surface area contributed by atoms with E-state index in [2.05, 4.69) is 5.32 Å². The number of piperidine rings is 1. The summed E-state index contributed by atoms with van der Waals surface area (Å²) < 4.78 is 0. The zero-order chi connectivity index (χ0) is 13.8. The summed E-state index contributed by atoms with van der Waals surface area (Å²) in [5.74, 6) is -0.602. The molecule has 0 aromatic carbocycles. The van der Waals surface area contributed by atoms with Gasteiger partial charge in [0, 0.05) is 19.4 Å². The summed E-state index contributed by atoms with van der Waals surface area (Å²) in [5, 5.41) is 21.9. The summed E-state index contributed by atoms with van der Waals surface area (Å²) in [6, 6.07) is -0.851. The lowest BCUT2D eigenvalue weighted by molar-refractivity contribution is -0.148. The lowest BCUT2D eigenvalue weighted by Gasteiger charge is -2.25. The lowest BCUT2D eigenvalue weighted by Crippen LogP contribution is -2.40. The van der Waals surface area contributed by atoms with E-state index in [-0.39, 0.29) is 18.9 Å².